The molecule has 1 aliphatic heterocycles. The molecule has 0 atom stereocenters. The number of aliphatic hydroxyl groups is 1. The average Bonchev–Trinajstić information content (AvgIpc) is 2.83. The molecule has 3 N–H and O–H groups in total. The van der Waals surface area contributed by atoms with E-state index in [2.05, 4.69) is 32.3 Å². The summed E-state index contributed by atoms with van der Waals surface area (Å²) in [6.45, 7) is 3.51. The first-order chi connectivity index (χ1) is 16.0. The minimum atomic E-state index is -0.543. The van der Waals surface area contributed by atoms with Crippen molar-refractivity contribution in [2.75, 3.05) is 32.9 Å². The third kappa shape index (κ3) is 5.59. The van der Waals surface area contributed by atoms with Crippen molar-refractivity contribution in [3.8, 4) is 17.6 Å². The van der Waals surface area contributed by atoms with Gasteiger partial charge in [0.2, 0.25) is 0 Å². The van der Waals surface area contributed by atoms with E-state index in [-0.39, 0.29) is 24.6 Å². The summed E-state index contributed by atoms with van der Waals surface area (Å²) < 4.78 is 5.41. The standard InChI is InChI=1S/C24H23ClN4O4/c25-19-5-3-16(4-6-19)14-26-24(32)22-23(31)20-13-17(15-29-7-10-33-11-8-29)12-18(2-1-9-30)21(20)27-28-22/h3-6,12-13,30H,7-11,14-15H2,(H,26,32)(H,27,31). The molecule has 1 aliphatic rings. The van der Waals surface area contributed by atoms with E-state index >= 15 is 0 Å². The number of benzene rings is 2. The van der Waals surface area contributed by atoms with Gasteiger partial charge in [0, 0.05) is 36.6 Å². The van der Waals surface area contributed by atoms with Crippen LogP contribution in [-0.2, 0) is 17.8 Å². The number of morpholine rings is 1. The fraction of sp³-hybridized carbons (Fsp3) is 0.292. The van der Waals surface area contributed by atoms with Crippen LogP contribution in [0.5, 0.6) is 5.75 Å². The summed E-state index contributed by atoms with van der Waals surface area (Å²) in [4.78, 5) is 15.0. The fourth-order valence-electron chi connectivity index (χ4n) is 3.62. The molecule has 1 aromatic heterocycles. The number of hydrogen-bond donors (Lipinski definition) is 3. The zero-order valence-electron chi connectivity index (χ0n) is 17.8. The van der Waals surface area contributed by atoms with Crippen LogP contribution in [0.2, 0.25) is 5.02 Å². The highest BCUT2D eigenvalue weighted by atomic mass is 35.5. The lowest BCUT2D eigenvalue weighted by Gasteiger charge is -2.26. The summed E-state index contributed by atoms with van der Waals surface area (Å²) >= 11 is 5.89. The van der Waals surface area contributed by atoms with E-state index < -0.39 is 5.91 Å². The average molecular weight is 467 g/mol. The van der Waals surface area contributed by atoms with E-state index in [1.807, 2.05) is 6.07 Å². The quantitative estimate of drug-likeness (QED) is 0.494. The van der Waals surface area contributed by atoms with E-state index in [0.717, 1.165) is 24.2 Å². The third-order valence-corrected chi connectivity index (χ3v) is 5.54. The summed E-state index contributed by atoms with van der Waals surface area (Å²) in [7, 11) is 0. The summed E-state index contributed by atoms with van der Waals surface area (Å²) in [6.07, 6.45) is 0. The Morgan fingerprint density at radius 1 is 1.15 bits per heavy atom. The zero-order chi connectivity index (χ0) is 23.2. The van der Waals surface area contributed by atoms with Crippen molar-refractivity contribution in [3.63, 3.8) is 0 Å². The highest BCUT2D eigenvalue weighted by molar-refractivity contribution is 6.30. The fourth-order valence-corrected chi connectivity index (χ4v) is 3.74. The lowest BCUT2D eigenvalue weighted by atomic mass is 10.0. The molecule has 0 radical (unpaired) electrons. The molecule has 0 spiro atoms. The molecule has 1 amide bonds. The van der Waals surface area contributed by atoms with Crippen LogP contribution in [-0.4, -0.2) is 64.1 Å². The molecule has 0 unspecified atom stereocenters. The Kier molecular flexibility index (Phi) is 7.37. The van der Waals surface area contributed by atoms with Gasteiger partial charge < -0.3 is 20.3 Å². The molecule has 8 nitrogen and oxygen atoms in total. The highest BCUT2D eigenvalue weighted by Gasteiger charge is 2.20. The molecule has 3 aromatic rings. The molecule has 2 aromatic carbocycles. The summed E-state index contributed by atoms with van der Waals surface area (Å²) in [5.74, 6) is 4.69. The van der Waals surface area contributed by atoms with Crippen LogP contribution in [0.1, 0.15) is 27.2 Å². The number of nitrogens with zero attached hydrogens (tertiary/aromatic N) is 3. The number of aliphatic hydroxyl groups excluding tert-OH is 1. The number of carbonyl (C=O) groups is 1. The Labute approximate surface area is 196 Å². The molecule has 0 bridgehead atoms. The molecule has 1 fully saturated rings. The lowest BCUT2D eigenvalue weighted by molar-refractivity contribution is 0.0342. The Bertz CT molecular complexity index is 1220. The second-order valence-electron chi connectivity index (χ2n) is 7.59. The first-order valence-electron chi connectivity index (χ1n) is 10.5. The second kappa shape index (κ2) is 10.6. The normalized spacial score (nSPS) is 14.0. The first kappa shape index (κ1) is 23.0. The number of rotatable bonds is 5. The summed E-state index contributed by atoms with van der Waals surface area (Å²) in [6, 6.07) is 10.8. The van der Waals surface area contributed by atoms with E-state index in [1.165, 1.54) is 0 Å². The van der Waals surface area contributed by atoms with Gasteiger partial charge in [-0.25, -0.2) is 0 Å². The SMILES string of the molecule is O=C(NCc1ccc(Cl)cc1)c1nnc2c(C#CCO)cc(CN3CCOCC3)cc2c1O. The predicted molar refractivity (Wildman–Crippen MR) is 124 cm³/mol. The van der Waals surface area contributed by atoms with E-state index in [4.69, 9.17) is 21.4 Å². The molecule has 170 valence electrons. The molecular formula is C24H23ClN4O4. The first-order valence-corrected chi connectivity index (χ1v) is 10.9. The summed E-state index contributed by atoms with van der Waals surface area (Å²) in [5, 5.41) is 31.9. The maximum absolute atomic E-state index is 12.7. The lowest BCUT2D eigenvalue weighted by Crippen LogP contribution is -2.35. The molecular weight excluding hydrogens is 444 g/mol. The minimum absolute atomic E-state index is 0.166. The molecule has 4 rings (SSSR count). The minimum Gasteiger partial charge on any atom is -0.505 e. The van der Waals surface area contributed by atoms with Gasteiger partial charge in [0.15, 0.2) is 11.4 Å². The number of fused-ring (bicyclic) bond motifs is 1. The van der Waals surface area contributed by atoms with Crippen molar-refractivity contribution in [1.82, 2.24) is 20.4 Å². The number of nitrogens with one attached hydrogen (secondary N) is 1. The smallest absolute Gasteiger partial charge is 0.275 e. The number of hydrogen-bond acceptors (Lipinski definition) is 7. The monoisotopic (exact) mass is 466 g/mol. The molecule has 0 aliphatic carbocycles. The second-order valence-corrected chi connectivity index (χ2v) is 8.03. The topological polar surface area (TPSA) is 108 Å². The van der Waals surface area contributed by atoms with Crippen LogP contribution in [0.25, 0.3) is 10.9 Å². The molecule has 33 heavy (non-hydrogen) atoms. The van der Waals surface area contributed by atoms with Crippen molar-refractivity contribution < 1.29 is 19.7 Å². The summed E-state index contributed by atoms with van der Waals surface area (Å²) in [5.41, 5.74) is 2.49. The van der Waals surface area contributed by atoms with Crippen molar-refractivity contribution in [1.29, 1.82) is 0 Å². The van der Waals surface area contributed by atoms with Crippen molar-refractivity contribution >= 4 is 28.4 Å². The molecule has 9 heteroatoms. The van der Waals surface area contributed by atoms with E-state index in [0.29, 0.717) is 41.2 Å². The maximum Gasteiger partial charge on any atom is 0.275 e. The Morgan fingerprint density at radius 3 is 2.64 bits per heavy atom. The number of ether oxygens (including phenoxy) is 1. The van der Waals surface area contributed by atoms with Crippen LogP contribution in [0.4, 0.5) is 0 Å². The van der Waals surface area contributed by atoms with Gasteiger partial charge in [-0.3, -0.25) is 9.69 Å². The van der Waals surface area contributed by atoms with Crippen molar-refractivity contribution in [3.05, 3.63) is 63.8 Å². The largest absolute Gasteiger partial charge is 0.505 e. The number of amides is 1. The van der Waals surface area contributed by atoms with Crippen LogP contribution in [0.15, 0.2) is 36.4 Å². The highest BCUT2D eigenvalue weighted by Crippen LogP contribution is 2.29. The van der Waals surface area contributed by atoms with Crippen LogP contribution >= 0.6 is 11.6 Å². The van der Waals surface area contributed by atoms with Crippen molar-refractivity contribution in [2.45, 2.75) is 13.1 Å². The number of carbonyl (C=O) groups excluding carboxylic acids is 1. The van der Waals surface area contributed by atoms with Crippen LogP contribution in [0.3, 0.4) is 0 Å². The van der Waals surface area contributed by atoms with E-state index in [9.17, 15) is 9.90 Å². The van der Waals surface area contributed by atoms with Gasteiger partial charge >= 0.3 is 0 Å². The van der Waals surface area contributed by atoms with Gasteiger partial charge in [-0.15, -0.1) is 10.2 Å². The van der Waals surface area contributed by atoms with Gasteiger partial charge in [-0.1, -0.05) is 35.6 Å². The third-order valence-electron chi connectivity index (χ3n) is 5.29. The van der Waals surface area contributed by atoms with Gasteiger partial charge in [0.1, 0.15) is 12.1 Å². The van der Waals surface area contributed by atoms with Gasteiger partial charge in [-0.2, -0.15) is 0 Å². The molecule has 1 saturated heterocycles. The maximum atomic E-state index is 12.7. The number of halogens is 1. The van der Waals surface area contributed by atoms with Crippen LogP contribution < -0.4 is 5.32 Å². The van der Waals surface area contributed by atoms with E-state index in [1.54, 1.807) is 30.3 Å². The predicted octanol–water partition coefficient (Wildman–Crippen LogP) is 2.09. The van der Waals surface area contributed by atoms with Gasteiger partial charge in [0.25, 0.3) is 5.91 Å². The molecule has 0 saturated carbocycles. The van der Waals surface area contributed by atoms with Crippen LogP contribution in [0, 0.1) is 11.8 Å². The number of aromatic hydroxyl groups is 1. The Hall–Kier alpha value is -3.22. The van der Waals surface area contributed by atoms with Crippen molar-refractivity contribution in [2.24, 2.45) is 0 Å². The molecule has 2 heterocycles. The van der Waals surface area contributed by atoms with Gasteiger partial charge in [0.05, 0.1) is 18.8 Å². The number of aromatic nitrogens is 2. The Morgan fingerprint density at radius 2 is 1.91 bits per heavy atom. The van der Waals surface area contributed by atoms with Gasteiger partial charge in [-0.05, 0) is 35.4 Å². The zero-order valence-corrected chi connectivity index (χ0v) is 18.6. The Balaban J connectivity index is 1.64.